The van der Waals surface area contributed by atoms with Crippen LogP contribution in [-0.2, 0) is 0 Å². The largest absolute Gasteiger partial charge is 0.208 e. The molecule has 0 fully saturated rings. The van der Waals surface area contributed by atoms with E-state index < -0.39 is 0 Å². The Balaban J connectivity index is 1.35. The molecule has 0 aliphatic heterocycles. The van der Waals surface area contributed by atoms with E-state index >= 15 is 0 Å². The van der Waals surface area contributed by atoms with Crippen LogP contribution in [-0.4, -0.2) is 15.0 Å². The van der Waals surface area contributed by atoms with E-state index in [4.69, 9.17) is 15.0 Å². The first-order chi connectivity index (χ1) is 19.3. The van der Waals surface area contributed by atoms with Crippen molar-refractivity contribution in [1.82, 2.24) is 15.0 Å². The van der Waals surface area contributed by atoms with Crippen LogP contribution in [0.15, 0.2) is 127 Å². The summed E-state index contributed by atoms with van der Waals surface area (Å²) in [5.41, 5.74) is 2.93. The van der Waals surface area contributed by atoms with E-state index in [1.807, 2.05) is 11.3 Å². The van der Waals surface area contributed by atoms with E-state index in [-0.39, 0.29) is 0 Å². The first kappa shape index (κ1) is 22.1. The van der Waals surface area contributed by atoms with Gasteiger partial charge in [0.25, 0.3) is 0 Å². The Labute approximate surface area is 229 Å². The molecule has 0 saturated carbocycles. The minimum absolute atomic E-state index is 0.671. The summed E-state index contributed by atoms with van der Waals surface area (Å²) in [6, 6.07) is 44.6. The molecule has 0 bridgehead atoms. The number of rotatable bonds is 3. The molecule has 0 spiro atoms. The molecule has 0 aliphatic rings. The molecule has 0 atom stereocenters. The minimum atomic E-state index is 0.671. The van der Waals surface area contributed by atoms with Gasteiger partial charge in [-0.1, -0.05) is 91.0 Å². The Bertz CT molecular complexity index is 2100. The summed E-state index contributed by atoms with van der Waals surface area (Å²) in [6.07, 6.45) is 0. The summed E-state index contributed by atoms with van der Waals surface area (Å²) < 4.78 is 2.55. The number of fused-ring (bicyclic) bond motifs is 5. The average molecular weight is 516 g/mol. The van der Waals surface area contributed by atoms with Crippen molar-refractivity contribution < 1.29 is 0 Å². The molecule has 2 aromatic heterocycles. The lowest BCUT2D eigenvalue weighted by molar-refractivity contribution is 1.08. The summed E-state index contributed by atoms with van der Waals surface area (Å²) >= 11 is 1.81. The number of aromatic nitrogens is 3. The molecule has 0 N–H and O–H groups in total. The lowest BCUT2D eigenvalue weighted by Gasteiger charge is -2.10. The number of hydrogen-bond donors (Lipinski definition) is 0. The van der Waals surface area contributed by atoms with Crippen LogP contribution in [0.4, 0.5) is 0 Å². The number of benzene rings is 6. The lowest BCUT2D eigenvalue weighted by atomic mass is 10.1. The number of thiophene rings is 1. The highest BCUT2D eigenvalue weighted by Gasteiger charge is 2.15. The highest BCUT2D eigenvalue weighted by molar-refractivity contribution is 7.25. The van der Waals surface area contributed by atoms with Crippen molar-refractivity contribution in [2.24, 2.45) is 0 Å². The van der Waals surface area contributed by atoms with E-state index in [1.54, 1.807) is 0 Å². The number of nitrogens with zero attached hydrogens (tertiary/aromatic N) is 3. The molecule has 3 nitrogen and oxygen atoms in total. The fraction of sp³-hybridized carbons (Fsp3) is 0. The second kappa shape index (κ2) is 8.83. The van der Waals surface area contributed by atoms with E-state index in [0.717, 1.165) is 27.5 Å². The molecule has 0 aliphatic carbocycles. The van der Waals surface area contributed by atoms with Crippen molar-refractivity contribution in [2.75, 3.05) is 0 Å². The van der Waals surface area contributed by atoms with Gasteiger partial charge in [0.2, 0.25) is 0 Å². The molecular weight excluding hydrogens is 494 g/mol. The highest BCUT2D eigenvalue weighted by Crippen LogP contribution is 2.36. The maximum atomic E-state index is 5.02. The van der Waals surface area contributed by atoms with Crippen LogP contribution >= 0.6 is 11.3 Å². The third-order valence-electron chi connectivity index (χ3n) is 7.29. The SMILES string of the molecule is c1ccc2cc(-c3nc(-c4ccc5ccccc5c4)nc(-c4ccc5sc6ccccc6c5c4)n3)ccc2c1. The zero-order valence-electron chi connectivity index (χ0n) is 20.9. The quantitative estimate of drug-likeness (QED) is 0.235. The van der Waals surface area contributed by atoms with Crippen molar-refractivity contribution in [3.05, 3.63) is 127 Å². The van der Waals surface area contributed by atoms with Gasteiger partial charge in [-0.3, -0.25) is 0 Å². The van der Waals surface area contributed by atoms with E-state index in [0.29, 0.717) is 17.5 Å². The Kier molecular flexibility index (Phi) is 5.00. The van der Waals surface area contributed by atoms with Gasteiger partial charge in [-0.2, -0.15) is 0 Å². The third-order valence-corrected chi connectivity index (χ3v) is 8.44. The second-order valence-electron chi connectivity index (χ2n) is 9.74. The Morgan fingerprint density at radius 3 is 1.44 bits per heavy atom. The van der Waals surface area contributed by atoms with Gasteiger partial charge in [0.15, 0.2) is 17.5 Å². The summed E-state index contributed by atoms with van der Waals surface area (Å²) in [6.45, 7) is 0. The molecule has 8 rings (SSSR count). The van der Waals surface area contributed by atoms with Gasteiger partial charge in [0.1, 0.15) is 0 Å². The maximum Gasteiger partial charge on any atom is 0.164 e. The molecular formula is C35H21N3S. The highest BCUT2D eigenvalue weighted by atomic mass is 32.1. The van der Waals surface area contributed by atoms with Gasteiger partial charge in [-0.25, -0.2) is 15.0 Å². The van der Waals surface area contributed by atoms with Gasteiger partial charge >= 0.3 is 0 Å². The molecule has 6 aromatic carbocycles. The van der Waals surface area contributed by atoms with Crippen molar-refractivity contribution in [2.45, 2.75) is 0 Å². The van der Waals surface area contributed by atoms with Crippen LogP contribution in [0, 0.1) is 0 Å². The summed E-state index contributed by atoms with van der Waals surface area (Å²) in [5, 5.41) is 7.21. The molecule has 2 heterocycles. The zero-order chi connectivity index (χ0) is 25.8. The monoisotopic (exact) mass is 515 g/mol. The normalized spacial score (nSPS) is 11.6. The molecule has 182 valence electrons. The van der Waals surface area contributed by atoms with Crippen molar-refractivity contribution in [1.29, 1.82) is 0 Å². The molecule has 39 heavy (non-hydrogen) atoms. The van der Waals surface area contributed by atoms with Crippen LogP contribution in [0.25, 0.3) is 75.9 Å². The smallest absolute Gasteiger partial charge is 0.164 e. The van der Waals surface area contributed by atoms with Crippen molar-refractivity contribution in [3.8, 4) is 34.2 Å². The molecule has 0 amide bonds. The first-order valence-electron chi connectivity index (χ1n) is 12.9. The minimum Gasteiger partial charge on any atom is -0.208 e. The van der Waals surface area contributed by atoms with Gasteiger partial charge in [-0.15, -0.1) is 11.3 Å². The zero-order valence-corrected chi connectivity index (χ0v) is 21.7. The predicted octanol–water partition coefficient (Wildman–Crippen LogP) is 9.55. The second-order valence-corrected chi connectivity index (χ2v) is 10.8. The van der Waals surface area contributed by atoms with Crippen LogP contribution in [0.1, 0.15) is 0 Å². The molecule has 0 radical (unpaired) electrons. The van der Waals surface area contributed by atoms with Gasteiger partial charge in [-0.05, 0) is 57.9 Å². The average Bonchev–Trinajstić information content (AvgIpc) is 3.38. The maximum absolute atomic E-state index is 5.02. The predicted molar refractivity (Wildman–Crippen MR) is 164 cm³/mol. The van der Waals surface area contributed by atoms with Gasteiger partial charge in [0, 0.05) is 36.9 Å². The fourth-order valence-electron chi connectivity index (χ4n) is 5.29. The van der Waals surface area contributed by atoms with Gasteiger partial charge in [0.05, 0.1) is 0 Å². The first-order valence-corrected chi connectivity index (χ1v) is 13.8. The van der Waals surface area contributed by atoms with E-state index in [9.17, 15) is 0 Å². The standard InChI is InChI=1S/C35H21N3S/c1-3-9-24-19-26(15-13-22(24)7-1)33-36-34(27-16-14-23-8-2-4-10-25(23)20-27)38-35(37-33)28-17-18-32-30(21-28)29-11-5-6-12-31(29)39-32/h1-21H. The van der Waals surface area contributed by atoms with E-state index in [2.05, 4.69) is 127 Å². The molecule has 8 aromatic rings. The fourth-order valence-corrected chi connectivity index (χ4v) is 6.37. The van der Waals surface area contributed by atoms with Crippen molar-refractivity contribution in [3.63, 3.8) is 0 Å². The molecule has 4 heteroatoms. The molecule has 0 unspecified atom stereocenters. The van der Waals surface area contributed by atoms with E-state index in [1.165, 1.54) is 30.9 Å². The lowest BCUT2D eigenvalue weighted by Crippen LogP contribution is -2.00. The Hall–Kier alpha value is -4.93. The van der Waals surface area contributed by atoms with Crippen LogP contribution in [0.2, 0.25) is 0 Å². The Morgan fingerprint density at radius 1 is 0.359 bits per heavy atom. The number of hydrogen-bond acceptors (Lipinski definition) is 4. The van der Waals surface area contributed by atoms with Crippen LogP contribution < -0.4 is 0 Å². The summed E-state index contributed by atoms with van der Waals surface area (Å²) in [5.74, 6) is 2.02. The third kappa shape index (κ3) is 3.85. The van der Waals surface area contributed by atoms with Crippen LogP contribution in [0.5, 0.6) is 0 Å². The summed E-state index contributed by atoms with van der Waals surface area (Å²) in [4.78, 5) is 15.0. The van der Waals surface area contributed by atoms with Crippen LogP contribution in [0.3, 0.4) is 0 Å². The summed E-state index contributed by atoms with van der Waals surface area (Å²) in [7, 11) is 0. The molecule has 0 saturated heterocycles. The van der Waals surface area contributed by atoms with Crippen molar-refractivity contribution >= 4 is 53.1 Å². The topological polar surface area (TPSA) is 38.7 Å². The Morgan fingerprint density at radius 2 is 0.821 bits per heavy atom. The van der Waals surface area contributed by atoms with Gasteiger partial charge < -0.3 is 0 Å².